The highest BCUT2D eigenvalue weighted by atomic mass is 35.5. The number of hydrogen-bond acceptors (Lipinski definition) is 6. The van der Waals surface area contributed by atoms with E-state index < -0.39 is 18.3 Å². The zero-order chi connectivity index (χ0) is 19.6. The van der Waals surface area contributed by atoms with Gasteiger partial charge in [-0.25, -0.2) is 9.78 Å². The number of phenolic OH excluding ortho intramolecular Hbond substituents is 1. The third-order valence-corrected chi connectivity index (χ3v) is 4.17. The maximum atomic E-state index is 12.1. The molecule has 1 aromatic heterocycles. The molecule has 2 aromatic carbocycles. The number of esters is 1. The molecule has 3 rings (SSSR count). The molecule has 0 amide bonds. The van der Waals surface area contributed by atoms with Crippen LogP contribution in [0.5, 0.6) is 5.75 Å². The van der Waals surface area contributed by atoms with Crippen LogP contribution in [0.2, 0.25) is 5.02 Å². The van der Waals surface area contributed by atoms with Crippen molar-refractivity contribution in [1.29, 1.82) is 5.26 Å². The van der Waals surface area contributed by atoms with Crippen LogP contribution in [0.15, 0.2) is 48.2 Å². The van der Waals surface area contributed by atoms with E-state index in [4.69, 9.17) is 16.3 Å². The number of hydrogen-bond donors (Lipinski definition) is 2. The number of halogens is 1. The number of nitriles is 1. The molecule has 0 unspecified atom stereocenters. The monoisotopic (exact) mass is 383 g/mol. The summed E-state index contributed by atoms with van der Waals surface area (Å²) in [5.41, 5.74) is 1.24. The van der Waals surface area contributed by atoms with Crippen molar-refractivity contribution in [2.75, 3.05) is 6.61 Å². The van der Waals surface area contributed by atoms with Crippen molar-refractivity contribution in [3.05, 3.63) is 64.6 Å². The molecule has 27 heavy (non-hydrogen) atoms. The van der Waals surface area contributed by atoms with Gasteiger partial charge < -0.3 is 19.5 Å². The van der Waals surface area contributed by atoms with Crippen LogP contribution in [-0.2, 0) is 11.8 Å². The van der Waals surface area contributed by atoms with Crippen molar-refractivity contribution in [2.24, 2.45) is 7.05 Å². The second-order valence-corrected chi connectivity index (χ2v) is 6.09. The minimum atomic E-state index is -0.863. The van der Waals surface area contributed by atoms with E-state index in [1.54, 1.807) is 17.7 Å². The van der Waals surface area contributed by atoms with Gasteiger partial charge in [-0.15, -0.1) is 0 Å². The lowest BCUT2D eigenvalue weighted by atomic mass is 10.2. The number of carbonyl (C=O) groups excluding carboxylic acids is 1. The molecular formula is C19H14ClN3O4. The number of aryl methyl sites for hydroxylation is 1. The number of phenols is 1. The van der Waals surface area contributed by atoms with E-state index in [1.807, 2.05) is 24.3 Å². The fraction of sp³-hybridized carbons (Fsp3) is 0.105. The molecule has 2 N–H and O–H groups in total. The van der Waals surface area contributed by atoms with E-state index in [9.17, 15) is 20.3 Å². The van der Waals surface area contributed by atoms with Crippen molar-refractivity contribution < 1.29 is 19.7 Å². The van der Waals surface area contributed by atoms with Crippen LogP contribution in [0, 0.1) is 11.3 Å². The molecule has 0 saturated heterocycles. The average molecular weight is 384 g/mol. The molecule has 0 aliphatic carbocycles. The number of imidazole rings is 1. The van der Waals surface area contributed by atoms with Gasteiger partial charge >= 0.3 is 5.97 Å². The van der Waals surface area contributed by atoms with Gasteiger partial charge in [0.15, 0.2) is 11.6 Å². The summed E-state index contributed by atoms with van der Waals surface area (Å²) in [5, 5.41) is 29.7. The Morgan fingerprint density at radius 3 is 2.74 bits per heavy atom. The summed E-state index contributed by atoms with van der Waals surface area (Å²) >= 11 is 5.72. The zero-order valence-corrected chi connectivity index (χ0v) is 14.9. The van der Waals surface area contributed by atoms with Gasteiger partial charge in [0.1, 0.15) is 29.6 Å². The lowest BCUT2D eigenvalue weighted by Crippen LogP contribution is -2.10. The Morgan fingerprint density at radius 1 is 1.33 bits per heavy atom. The molecule has 0 atom stereocenters. The number of aliphatic hydroxyl groups excluding tert-OH is 1. The number of aliphatic hydroxyl groups is 1. The van der Waals surface area contributed by atoms with Crippen LogP contribution in [-0.4, -0.2) is 32.3 Å². The lowest BCUT2D eigenvalue weighted by molar-refractivity contribution is 0.0499. The summed E-state index contributed by atoms with van der Waals surface area (Å²) < 4.78 is 6.65. The van der Waals surface area contributed by atoms with Crippen molar-refractivity contribution in [3.8, 4) is 11.8 Å². The summed E-state index contributed by atoms with van der Waals surface area (Å²) in [5.74, 6) is -1.40. The van der Waals surface area contributed by atoms with Crippen LogP contribution in [0.4, 0.5) is 0 Å². The summed E-state index contributed by atoms with van der Waals surface area (Å²) in [6.07, 6.45) is 0. The first-order chi connectivity index (χ1) is 12.9. The van der Waals surface area contributed by atoms with Crippen LogP contribution in [0.1, 0.15) is 16.2 Å². The molecule has 7 nitrogen and oxygen atoms in total. The minimum absolute atomic E-state index is 0.103. The SMILES string of the molecule is Cn1c(/C(C#N)=C(\O)COC(=O)c2ccc(Cl)cc2O)nc2ccccc21. The summed E-state index contributed by atoms with van der Waals surface area (Å²) in [6, 6.07) is 13.1. The van der Waals surface area contributed by atoms with Crippen molar-refractivity contribution in [2.45, 2.75) is 0 Å². The number of fused-ring (bicyclic) bond motifs is 1. The second-order valence-electron chi connectivity index (χ2n) is 5.65. The number of rotatable bonds is 4. The van der Waals surface area contributed by atoms with E-state index in [0.29, 0.717) is 5.52 Å². The summed E-state index contributed by atoms with van der Waals surface area (Å²) in [4.78, 5) is 16.4. The normalized spacial score (nSPS) is 11.7. The Bertz CT molecular complexity index is 1110. The molecule has 8 heteroatoms. The van der Waals surface area contributed by atoms with Crippen molar-refractivity contribution in [3.63, 3.8) is 0 Å². The Hall–Kier alpha value is -3.50. The van der Waals surface area contributed by atoms with Crippen molar-refractivity contribution >= 4 is 34.2 Å². The number of aromatic nitrogens is 2. The number of ether oxygens (including phenoxy) is 1. The largest absolute Gasteiger partial charge is 0.507 e. The highest BCUT2D eigenvalue weighted by molar-refractivity contribution is 6.30. The minimum Gasteiger partial charge on any atom is -0.507 e. The van der Waals surface area contributed by atoms with Crippen LogP contribution < -0.4 is 0 Å². The predicted octanol–water partition coefficient (Wildman–Crippen LogP) is 3.58. The highest BCUT2D eigenvalue weighted by Crippen LogP contribution is 2.24. The van der Waals surface area contributed by atoms with Gasteiger partial charge in [-0.2, -0.15) is 5.26 Å². The van der Waals surface area contributed by atoms with Crippen molar-refractivity contribution in [1.82, 2.24) is 9.55 Å². The van der Waals surface area contributed by atoms with Crippen LogP contribution >= 0.6 is 11.6 Å². The molecule has 0 aliphatic heterocycles. The molecule has 0 bridgehead atoms. The first-order valence-corrected chi connectivity index (χ1v) is 8.20. The molecule has 1 heterocycles. The molecule has 136 valence electrons. The third-order valence-electron chi connectivity index (χ3n) is 3.93. The number of nitrogens with zero attached hydrogens (tertiary/aromatic N) is 3. The number of benzene rings is 2. The van der Waals surface area contributed by atoms with E-state index >= 15 is 0 Å². The Balaban J connectivity index is 1.86. The van der Waals surface area contributed by atoms with Gasteiger partial charge in [0.05, 0.1) is 11.0 Å². The quantitative estimate of drug-likeness (QED) is 0.405. The van der Waals surface area contributed by atoms with E-state index in [-0.39, 0.29) is 27.7 Å². The molecular weight excluding hydrogens is 370 g/mol. The summed E-state index contributed by atoms with van der Waals surface area (Å²) in [6.45, 7) is -0.549. The lowest BCUT2D eigenvalue weighted by Gasteiger charge is -2.08. The number of aromatic hydroxyl groups is 1. The topological polar surface area (TPSA) is 108 Å². The van der Waals surface area contributed by atoms with Gasteiger partial charge in [-0.05, 0) is 30.3 Å². The molecule has 0 aliphatic rings. The average Bonchev–Trinajstić information content (AvgIpc) is 2.97. The first-order valence-electron chi connectivity index (χ1n) is 7.82. The zero-order valence-electron chi connectivity index (χ0n) is 14.2. The third kappa shape index (κ3) is 3.57. The number of carbonyl (C=O) groups is 1. The Morgan fingerprint density at radius 2 is 2.07 bits per heavy atom. The smallest absolute Gasteiger partial charge is 0.342 e. The fourth-order valence-electron chi connectivity index (χ4n) is 2.57. The van der Waals surface area contributed by atoms with E-state index in [2.05, 4.69) is 4.98 Å². The summed E-state index contributed by atoms with van der Waals surface area (Å²) in [7, 11) is 1.72. The van der Waals surface area contributed by atoms with Gasteiger partial charge in [0, 0.05) is 12.1 Å². The molecule has 0 saturated carbocycles. The molecule has 3 aromatic rings. The molecule has 0 fully saturated rings. The maximum absolute atomic E-state index is 12.1. The van der Waals surface area contributed by atoms with Gasteiger partial charge in [0.25, 0.3) is 0 Å². The first kappa shape index (κ1) is 18.3. The Kier molecular flexibility index (Phi) is 5.01. The Labute approximate surface area is 159 Å². The standard InChI is InChI=1S/C19H14ClN3O4/c1-23-15-5-3-2-4-14(15)22-18(23)13(9-21)17(25)10-27-19(26)12-7-6-11(20)8-16(12)24/h2-8,24-25H,10H2,1H3/b17-13-. The fourth-order valence-corrected chi connectivity index (χ4v) is 2.74. The predicted molar refractivity (Wildman–Crippen MR) is 99.3 cm³/mol. The number of para-hydroxylation sites is 2. The van der Waals surface area contributed by atoms with E-state index in [1.165, 1.54) is 18.2 Å². The highest BCUT2D eigenvalue weighted by Gasteiger charge is 2.19. The van der Waals surface area contributed by atoms with Crippen LogP contribution in [0.3, 0.4) is 0 Å². The molecule has 0 spiro atoms. The van der Waals surface area contributed by atoms with Crippen LogP contribution in [0.25, 0.3) is 16.6 Å². The van der Waals surface area contributed by atoms with Gasteiger partial charge in [-0.3, -0.25) is 0 Å². The maximum Gasteiger partial charge on any atom is 0.342 e. The van der Waals surface area contributed by atoms with Gasteiger partial charge in [-0.1, -0.05) is 23.7 Å². The second kappa shape index (κ2) is 7.40. The number of allylic oxidation sites excluding steroid dienone is 1. The van der Waals surface area contributed by atoms with Gasteiger partial charge in [0.2, 0.25) is 0 Å². The molecule has 0 radical (unpaired) electrons. The van der Waals surface area contributed by atoms with E-state index in [0.717, 1.165) is 5.52 Å².